The Hall–Kier alpha value is -2.84. The van der Waals surface area contributed by atoms with Crippen molar-refractivity contribution in [2.75, 3.05) is 5.43 Å². The largest absolute Gasteiger partial charge is 0.506 e. The summed E-state index contributed by atoms with van der Waals surface area (Å²) in [7, 11) is -4.32. The summed E-state index contributed by atoms with van der Waals surface area (Å²) in [5.41, 5.74) is 5.39. The van der Waals surface area contributed by atoms with Crippen molar-refractivity contribution in [3.8, 4) is 5.75 Å². The minimum atomic E-state index is -4.32. The van der Waals surface area contributed by atoms with Crippen LogP contribution in [0.5, 0.6) is 5.75 Å². The molecule has 4 rings (SSSR count). The normalized spacial score (nSPS) is 11.8. The Morgan fingerprint density at radius 1 is 0.821 bits per heavy atom. The number of phenols is 1. The van der Waals surface area contributed by atoms with Crippen LogP contribution in [0.3, 0.4) is 0 Å². The lowest BCUT2D eigenvalue weighted by atomic mass is 10.1. The molecule has 0 heterocycles. The number of hydrogen-bond acceptors (Lipinski definition) is 6. The van der Waals surface area contributed by atoms with Gasteiger partial charge in [-0.15, -0.1) is 0 Å². The number of nitrogens with one attached hydrogen (secondary N) is 2. The lowest BCUT2D eigenvalue weighted by molar-refractivity contribution is 0.229. The SMILES string of the molecule is O=S(=O)(ONNc1c(Cl)ccc2ccccc12)c1c(O)ccc2ccccc12. The van der Waals surface area contributed by atoms with Crippen LogP contribution in [0.15, 0.2) is 77.7 Å². The maximum Gasteiger partial charge on any atom is 0.318 e. The molecule has 142 valence electrons. The Kier molecular flexibility index (Phi) is 4.82. The number of benzene rings is 4. The summed E-state index contributed by atoms with van der Waals surface area (Å²) in [6, 6.07) is 20.8. The van der Waals surface area contributed by atoms with Gasteiger partial charge < -0.3 is 5.11 Å². The second-order valence-electron chi connectivity index (χ2n) is 6.04. The number of phenolic OH excluding ortho intramolecular Hbond substituents is 1. The molecule has 0 saturated heterocycles. The van der Waals surface area contributed by atoms with Crippen LogP contribution in [0.25, 0.3) is 21.5 Å². The van der Waals surface area contributed by atoms with Crippen molar-refractivity contribution in [2.24, 2.45) is 0 Å². The minimum absolute atomic E-state index is 0.316. The lowest BCUT2D eigenvalue weighted by Gasteiger charge is -2.14. The molecule has 4 aromatic carbocycles. The first-order valence-corrected chi connectivity index (χ1v) is 10.1. The Morgan fingerprint density at radius 2 is 1.43 bits per heavy atom. The van der Waals surface area contributed by atoms with E-state index in [-0.39, 0.29) is 4.90 Å². The molecule has 8 heteroatoms. The summed E-state index contributed by atoms with van der Waals surface area (Å²) in [6.07, 6.45) is 0. The number of fused-ring (bicyclic) bond motifs is 2. The maximum atomic E-state index is 12.7. The van der Waals surface area contributed by atoms with Crippen LogP contribution in [0, 0.1) is 0 Å². The van der Waals surface area contributed by atoms with E-state index >= 15 is 0 Å². The van der Waals surface area contributed by atoms with E-state index in [4.69, 9.17) is 15.9 Å². The predicted molar refractivity (Wildman–Crippen MR) is 110 cm³/mol. The van der Waals surface area contributed by atoms with E-state index in [1.807, 2.05) is 30.3 Å². The molecular formula is C20H15ClN2O4S. The summed E-state index contributed by atoms with van der Waals surface area (Å²) in [5, 5.41) is 13.2. The first kappa shape index (κ1) is 18.5. The molecule has 3 N–H and O–H groups in total. The minimum Gasteiger partial charge on any atom is -0.506 e. The molecular weight excluding hydrogens is 400 g/mol. The van der Waals surface area contributed by atoms with Crippen LogP contribution in [0.1, 0.15) is 0 Å². The van der Waals surface area contributed by atoms with E-state index in [0.717, 1.165) is 10.8 Å². The fourth-order valence-electron chi connectivity index (χ4n) is 3.03. The van der Waals surface area contributed by atoms with Gasteiger partial charge in [-0.1, -0.05) is 77.9 Å². The molecule has 0 saturated carbocycles. The molecule has 0 spiro atoms. The van der Waals surface area contributed by atoms with E-state index in [2.05, 4.69) is 11.0 Å². The molecule has 0 aromatic heterocycles. The number of halogens is 1. The van der Waals surface area contributed by atoms with Gasteiger partial charge in [0.05, 0.1) is 10.7 Å². The summed E-state index contributed by atoms with van der Waals surface area (Å²) in [6.45, 7) is 0. The molecule has 0 fully saturated rings. The summed E-state index contributed by atoms with van der Waals surface area (Å²) >= 11 is 6.23. The van der Waals surface area contributed by atoms with Crippen LogP contribution in [-0.2, 0) is 14.4 Å². The quantitative estimate of drug-likeness (QED) is 0.414. The van der Waals surface area contributed by atoms with Gasteiger partial charge in [0.25, 0.3) is 0 Å². The molecule has 0 atom stereocenters. The highest BCUT2D eigenvalue weighted by atomic mass is 35.5. The maximum absolute atomic E-state index is 12.7. The lowest BCUT2D eigenvalue weighted by Crippen LogP contribution is -2.26. The highest BCUT2D eigenvalue weighted by Gasteiger charge is 2.23. The number of anilines is 1. The average Bonchev–Trinajstić information content (AvgIpc) is 2.69. The van der Waals surface area contributed by atoms with Gasteiger partial charge >= 0.3 is 10.1 Å². The van der Waals surface area contributed by atoms with Crippen molar-refractivity contribution in [1.29, 1.82) is 0 Å². The standard InChI is InChI=1S/C20H15ClN2O4S/c21-17-11-9-13-5-1-3-7-15(13)19(17)22-23-27-28(25,26)20-16-8-4-2-6-14(16)10-12-18(20)24/h1-12,22-24H. The Labute approximate surface area is 166 Å². The fraction of sp³-hybridized carbons (Fsp3) is 0. The predicted octanol–water partition coefficient (Wildman–Crippen LogP) is 4.59. The molecule has 0 bridgehead atoms. The van der Waals surface area contributed by atoms with E-state index < -0.39 is 15.9 Å². The van der Waals surface area contributed by atoms with Gasteiger partial charge in [0, 0.05) is 10.8 Å². The van der Waals surface area contributed by atoms with Crippen molar-refractivity contribution in [3.63, 3.8) is 0 Å². The third kappa shape index (κ3) is 3.36. The Bertz CT molecular complexity index is 1290. The second-order valence-corrected chi connectivity index (χ2v) is 7.93. The van der Waals surface area contributed by atoms with Crippen molar-refractivity contribution < 1.29 is 17.8 Å². The molecule has 6 nitrogen and oxygen atoms in total. The Morgan fingerprint density at radius 3 is 2.18 bits per heavy atom. The van der Waals surface area contributed by atoms with Crippen LogP contribution < -0.4 is 11.0 Å². The van der Waals surface area contributed by atoms with E-state index in [1.165, 1.54) is 6.07 Å². The van der Waals surface area contributed by atoms with Crippen LogP contribution in [-0.4, -0.2) is 13.5 Å². The van der Waals surface area contributed by atoms with Crippen molar-refractivity contribution in [2.45, 2.75) is 4.90 Å². The molecule has 0 unspecified atom stereocenters. The third-order valence-electron chi connectivity index (χ3n) is 4.31. The topological polar surface area (TPSA) is 87.7 Å². The van der Waals surface area contributed by atoms with Crippen LogP contribution in [0.4, 0.5) is 5.69 Å². The summed E-state index contributed by atoms with van der Waals surface area (Å²) < 4.78 is 30.3. The van der Waals surface area contributed by atoms with Gasteiger partial charge in [0.1, 0.15) is 10.6 Å². The second kappa shape index (κ2) is 7.29. The molecule has 28 heavy (non-hydrogen) atoms. The van der Waals surface area contributed by atoms with Gasteiger partial charge in [0.15, 0.2) is 0 Å². The Balaban J connectivity index is 1.63. The van der Waals surface area contributed by atoms with E-state index in [1.54, 1.807) is 36.4 Å². The number of rotatable bonds is 5. The van der Waals surface area contributed by atoms with Gasteiger partial charge in [-0.2, -0.15) is 12.7 Å². The first-order chi connectivity index (χ1) is 13.5. The van der Waals surface area contributed by atoms with Crippen molar-refractivity contribution >= 4 is 49.0 Å². The summed E-state index contributed by atoms with van der Waals surface area (Å²) in [4.78, 5) is -0.316. The number of hydrazine groups is 1. The van der Waals surface area contributed by atoms with Gasteiger partial charge in [-0.05, 0) is 22.9 Å². The molecule has 0 aliphatic rings. The molecule has 0 aliphatic carbocycles. The third-order valence-corrected chi connectivity index (χ3v) is 5.86. The van der Waals surface area contributed by atoms with Crippen LogP contribution >= 0.6 is 11.6 Å². The van der Waals surface area contributed by atoms with Crippen molar-refractivity contribution in [1.82, 2.24) is 5.59 Å². The average molecular weight is 415 g/mol. The zero-order valence-electron chi connectivity index (χ0n) is 14.4. The highest BCUT2D eigenvalue weighted by molar-refractivity contribution is 7.87. The zero-order chi connectivity index (χ0) is 19.7. The van der Waals surface area contributed by atoms with E-state index in [9.17, 15) is 13.5 Å². The molecule has 4 aromatic rings. The summed E-state index contributed by atoms with van der Waals surface area (Å²) in [5.74, 6) is -0.399. The number of hydrogen-bond donors (Lipinski definition) is 3. The van der Waals surface area contributed by atoms with Crippen molar-refractivity contribution in [3.05, 3.63) is 77.8 Å². The molecule has 0 radical (unpaired) electrons. The first-order valence-electron chi connectivity index (χ1n) is 8.30. The number of aromatic hydroxyl groups is 1. The zero-order valence-corrected chi connectivity index (χ0v) is 16.0. The highest BCUT2D eigenvalue weighted by Crippen LogP contribution is 2.33. The smallest absolute Gasteiger partial charge is 0.318 e. The van der Waals surface area contributed by atoms with Gasteiger partial charge in [0.2, 0.25) is 0 Å². The molecule has 0 aliphatic heterocycles. The van der Waals surface area contributed by atoms with Gasteiger partial charge in [-0.25, -0.2) is 0 Å². The van der Waals surface area contributed by atoms with E-state index in [0.29, 0.717) is 21.5 Å². The monoisotopic (exact) mass is 414 g/mol. The van der Waals surface area contributed by atoms with Gasteiger partial charge in [-0.3, -0.25) is 5.43 Å². The van der Waals surface area contributed by atoms with Crippen LogP contribution in [0.2, 0.25) is 5.02 Å². The fourth-order valence-corrected chi connectivity index (χ4v) is 4.26. The molecule has 0 amide bonds.